The summed E-state index contributed by atoms with van der Waals surface area (Å²) in [5.74, 6) is -1.33. The molecule has 0 aromatic heterocycles. The predicted octanol–water partition coefficient (Wildman–Crippen LogP) is 3.15. The predicted molar refractivity (Wildman–Crippen MR) is 99.4 cm³/mol. The Morgan fingerprint density at radius 1 is 1.15 bits per heavy atom. The van der Waals surface area contributed by atoms with Crippen LogP contribution in [0, 0.1) is 19.7 Å². The Labute approximate surface area is 156 Å². The molecule has 0 saturated heterocycles. The van der Waals surface area contributed by atoms with Crippen molar-refractivity contribution in [1.29, 1.82) is 0 Å². The van der Waals surface area contributed by atoms with Gasteiger partial charge in [-0.3, -0.25) is 20.4 Å². The fourth-order valence-corrected chi connectivity index (χ4v) is 2.98. The average molecular weight is 376 g/mol. The molecule has 0 unspecified atom stereocenters. The highest BCUT2D eigenvalue weighted by molar-refractivity contribution is 8.00. The van der Waals surface area contributed by atoms with Gasteiger partial charge in [0, 0.05) is 4.90 Å². The van der Waals surface area contributed by atoms with Crippen LogP contribution in [0.25, 0.3) is 0 Å². The molecular weight excluding hydrogens is 355 g/mol. The highest BCUT2D eigenvalue weighted by Gasteiger charge is 2.17. The molecule has 0 spiro atoms. The summed E-state index contributed by atoms with van der Waals surface area (Å²) in [5, 5.41) is 0. The van der Waals surface area contributed by atoms with E-state index in [1.54, 1.807) is 6.07 Å². The average Bonchev–Trinajstić information content (AvgIpc) is 2.62. The minimum absolute atomic E-state index is 0.0213. The monoisotopic (exact) mass is 376 g/mol. The molecular formula is C19H21FN2O3S. The lowest BCUT2D eigenvalue weighted by Gasteiger charge is -2.15. The van der Waals surface area contributed by atoms with Crippen LogP contribution in [0.4, 0.5) is 4.39 Å². The van der Waals surface area contributed by atoms with Crippen molar-refractivity contribution in [1.82, 2.24) is 10.9 Å². The summed E-state index contributed by atoms with van der Waals surface area (Å²) < 4.78 is 18.8. The number of hydrogen-bond donors (Lipinski definition) is 2. The van der Waals surface area contributed by atoms with Crippen LogP contribution in [-0.4, -0.2) is 23.7 Å². The van der Waals surface area contributed by atoms with Crippen LogP contribution in [0.2, 0.25) is 0 Å². The Morgan fingerprint density at radius 2 is 1.88 bits per heavy atom. The molecule has 2 N–H and O–H groups in total. The molecule has 2 aromatic carbocycles. The normalized spacial score (nSPS) is 11.5. The molecule has 0 aliphatic heterocycles. The Kier molecular flexibility index (Phi) is 7.03. The van der Waals surface area contributed by atoms with Crippen molar-refractivity contribution in [3.05, 3.63) is 59.4 Å². The van der Waals surface area contributed by atoms with Crippen molar-refractivity contribution in [3.63, 3.8) is 0 Å². The molecule has 7 heteroatoms. The minimum Gasteiger partial charge on any atom is -0.478 e. The van der Waals surface area contributed by atoms with Crippen molar-refractivity contribution >= 4 is 23.6 Å². The van der Waals surface area contributed by atoms with E-state index in [9.17, 15) is 14.0 Å². The molecule has 5 nitrogen and oxygen atoms in total. The lowest BCUT2D eigenvalue weighted by Crippen LogP contribution is -2.47. The highest BCUT2D eigenvalue weighted by atomic mass is 32.2. The van der Waals surface area contributed by atoms with Crippen LogP contribution < -0.4 is 15.6 Å². The summed E-state index contributed by atoms with van der Waals surface area (Å²) in [6.45, 7) is 5.43. The van der Waals surface area contributed by atoms with E-state index in [0.717, 1.165) is 16.0 Å². The molecule has 0 saturated carbocycles. The first-order chi connectivity index (χ1) is 12.4. The van der Waals surface area contributed by atoms with Crippen molar-refractivity contribution < 1.29 is 18.7 Å². The van der Waals surface area contributed by atoms with E-state index >= 15 is 0 Å². The minimum atomic E-state index is -0.959. The van der Waals surface area contributed by atoms with Crippen molar-refractivity contribution in [2.45, 2.75) is 31.8 Å². The Balaban J connectivity index is 1.78. The molecule has 0 heterocycles. The van der Waals surface area contributed by atoms with Gasteiger partial charge in [-0.15, -0.1) is 11.8 Å². The molecule has 2 amide bonds. The first-order valence-electron chi connectivity index (χ1n) is 8.06. The second-order valence-corrected chi connectivity index (χ2v) is 6.80. The van der Waals surface area contributed by atoms with Gasteiger partial charge in [0.1, 0.15) is 0 Å². The molecule has 0 aliphatic rings. The third kappa shape index (κ3) is 5.77. The van der Waals surface area contributed by atoms with Gasteiger partial charge in [0.05, 0.1) is 5.75 Å². The summed E-state index contributed by atoms with van der Waals surface area (Å²) in [6, 6.07) is 11.8. The number of hydrazine groups is 1. The number of rotatable bonds is 6. The Hall–Kier alpha value is -2.54. The SMILES string of the molecule is Cc1ccc(C)c(SCC(=O)NNC(=O)[C@H](C)Oc2ccccc2F)c1. The fourth-order valence-electron chi connectivity index (χ4n) is 2.06. The molecule has 26 heavy (non-hydrogen) atoms. The zero-order chi connectivity index (χ0) is 19.1. The lowest BCUT2D eigenvalue weighted by atomic mass is 10.2. The van der Waals surface area contributed by atoms with Gasteiger partial charge in [0.25, 0.3) is 5.91 Å². The van der Waals surface area contributed by atoms with Gasteiger partial charge in [-0.05, 0) is 44.5 Å². The lowest BCUT2D eigenvalue weighted by molar-refractivity contribution is -0.132. The van der Waals surface area contributed by atoms with Gasteiger partial charge in [-0.1, -0.05) is 29.8 Å². The van der Waals surface area contributed by atoms with Gasteiger partial charge in [0.15, 0.2) is 17.7 Å². The van der Waals surface area contributed by atoms with E-state index in [0.29, 0.717) is 0 Å². The number of carbonyl (C=O) groups excluding carboxylic acids is 2. The van der Waals surface area contributed by atoms with Crippen LogP contribution in [0.15, 0.2) is 47.4 Å². The number of benzene rings is 2. The maximum Gasteiger partial charge on any atom is 0.279 e. The Bertz CT molecular complexity index is 798. The Morgan fingerprint density at radius 3 is 2.62 bits per heavy atom. The van der Waals surface area contributed by atoms with Gasteiger partial charge in [0.2, 0.25) is 5.91 Å². The van der Waals surface area contributed by atoms with Crippen LogP contribution in [0.3, 0.4) is 0 Å². The van der Waals surface area contributed by atoms with Gasteiger partial charge >= 0.3 is 0 Å². The van der Waals surface area contributed by atoms with E-state index in [4.69, 9.17) is 4.74 Å². The van der Waals surface area contributed by atoms with E-state index in [2.05, 4.69) is 10.9 Å². The van der Waals surface area contributed by atoms with Crippen LogP contribution in [-0.2, 0) is 9.59 Å². The second-order valence-electron chi connectivity index (χ2n) is 5.79. The number of hydrogen-bond acceptors (Lipinski definition) is 4. The van der Waals surface area contributed by atoms with E-state index < -0.39 is 17.8 Å². The second kappa shape index (κ2) is 9.24. The summed E-state index contributed by atoms with van der Waals surface area (Å²) in [7, 11) is 0. The third-order valence-electron chi connectivity index (χ3n) is 3.54. The first-order valence-corrected chi connectivity index (χ1v) is 9.05. The van der Waals surface area contributed by atoms with E-state index in [-0.39, 0.29) is 17.4 Å². The van der Waals surface area contributed by atoms with Crippen molar-refractivity contribution in [3.8, 4) is 5.75 Å². The summed E-state index contributed by atoms with van der Waals surface area (Å²) in [5.41, 5.74) is 6.82. The molecule has 0 aliphatic carbocycles. The number of para-hydroxylation sites is 1. The van der Waals surface area contributed by atoms with Crippen LogP contribution in [0.1, 0.15) is 18.1 Å². The molecule has 0 bridgehead atoms. The molecule has 0 radical (unpaired) electrons. The smallest absolute Gasteiger partial charge is 0.279 e. The van der Waals surface area contributed by atoms with Crippen molar-refractivity contribution in [2.24, 2.45) is 0 Å². The number of aryl methyl sites for hydroxylation is 2. The fraction of sp³-hybridized carbons (Fsp3) is 0.263. The zero-order valence-corrected chi connectivity index (χ0v) is 15.7. The van der Waals surface area contributed by atoms with E-state index in [1.807, 2.05) is 32.0 Å². The number of halogens is 1. The summed E-state index contributed by atoms with van der Waals surface area (Å²) >= 11 is 1.39. The number of thioether (sulfide) groups is 1. The van der Waals surface area contributed by atoms with Crippen molar-refractivity contribution in [2.75, 3.05) is 5.75 Å². The summed E-state index contributed by atoms with van der Waals surface area (Å²) in [6.07, 6.45) is -0.959. The maximum atomic E-state index is 13.5. The third-order valence-corrected chi connectivity index (χ3v) is 4.69. The first kappa shape index (κ1) is 19.8. The zero-order valence-electron chi connectivity index (χ0n) is 14.8. The number of nitrogens with one attached hydrogen (secondary N) is 2. The molecule has 0 fully saturated rings. The molecule has 2 rings (SSSR count). The molecule has 138 valence electrons. The highest BCUT2D eigenvalue weighted by Crippen LogP contribution is 2.23. The topological polar surface area (TPSA) is 67.4 Å². The van der Waals surface area contributed by atoms with Crippen LogP contribution >= 0.6 is 11.8 Å². The molecule has 2 aromatic rings. The quantitative estimate of drug-likeness (QED) is 0.600. The number of ether oxygens (including phenoxy) is 1. The van der Waals surface area contributed by atoms with Crippen LogP contribution in [0.5, 0.6) is 5.75 Å². The number of amides is 2. The molecule has 1 atom stereocenters. The standard InChI is InChI=1S/C19H21FN2O3S/c1-12-8-9-13(2)17(10-12)26-11-18(23)21-22-19(24)14(3)25-16-7-5-4-6-15(16)20/h4-10,14H,11H2,1-3H3,(H,21,23)(H,22,24)/t14-/m0/s1. The van der Waals surface area contributed by atoms with E-state index in [1.165, 1.54) is 36.9 Å². The van der Waals surface area contributed by atoms with Gasteiger partial charge < -0.3 is 4.74 Å². The number of carbonyl (C=O) groups is 2. The van der Waals surface area contributed by atoms with Gasteiger partial charge in [-0.25, -0.2) is 4.39 Å². The largest absolute Gasteiger partial charge is 0.478 e. The maximum absolute atomic E-state index is 13.5. The van der Waals surface area contributed by atoms with Gasteiger partial charge in [-0.2, -0.15) is 0 Å². The summed E-state index contributed by atoms with van der Waals surface area (Å²) in [4.78, 5) is 24.9.